The van der Waals surface area contributed by atoms with Crippen molar-refractivity contribution in [2.24, 2.45) is 11.8 Å². The molecule has 2 unspecified atom stereocenters. The summed E-state index contributed by atoms with van der Waals surface area (Å²) in [6.07, 6.45) is 4.98. The van der Waals surface area contributed by atoms with Gasteiger partial charge in [0, 0.05) is 13.1 Å². The Labute approximate surface area is 113 Å². The van der Waals surface area contributed by atoms with Gasteiger partial charge in [0.1, 0.15) is 5.82 Å². The molecule has 2 aliphatic rings. The van der Waals surface area contributed by atoms with Crippen molar-refractivity contribution in [1.82, 2.24) is 4.90 Å². The lowest BCUT2D eigenvalue weighted by Gasteiger charge is -2.41. The monoisotopic (exact) mass is 261 g/mol. The molecule has 3 rings (SSSR count). The van der Waals surface area contributed by atoms with Gasteiger partial charge in [-0.3, -0.25) is 4.79 Å². The fraction of sp³-hybridized carbons (Fsp3) is 0.562. The molecule has 3 heteroatoms. The molecule has 2 bridgehead atoms. The Morgan fingerprint density at radius 3 is 2.63 bits per heavy atom. The number of likely N-dealkylation sites (tertiary alicyclic amines) is 1. The number of hydrogen-bond acceptors (Lipinski definition) is 1. The van der Waals surface area contributed by atoms with Crippen LogP contribution < -0.4 is 0 Å². The zero-order valence-electron chi connectivity index (χ0n) is 11.4. The molecule has 0 radical (unpaired) electrons. The molecule has 1 saturated heterocycles. The van der Waals surface area contributed by atoms with Crippen LogP contribution in [-0.4, -0.2) is 23.9 Å². The Morgan fingerprint density at radius 1 is 1.26 bits per heavy atom. The van der Waals surface area contributed by atoms with Gasteiger partial charge in [0.15, 0.2) is 0 Å². The maximum atomic E-state index is 14.0. The zero-order chi connectivity index (χ0) is 13.4. The third-order valence-electron chi connectivity index (χ3n) is 4.56. The maximum absolute atomic E-state index is 14.0. The van der Waals surface area contributed by atoms with Crippen LogP contribution in [0.15, 0.2) is 18.2 Å². The van der Waals surface area contributed by atoms with Crippen LogP contribution in [-0.2, 0) is 0 Å². The Morgan fingerprint density at radius 2 is 1.95 bits per heavy atom. The molecule has 1 aliphatic carbocycles. The van der Waals surface area contributed by atoms with E-state index in [1.165, 1.54) is 25.7 Å². The van der Waals surface area contributed by atoms with Gasteiger partial charge in [-0.15, -0.1) is 0 Å². The molecule has 2 fully saturated rings. The summed E-state index contributed by atoms with van der Waals surface area (Å²) in [6.45, 7) is 3.32. The van der Waals surface area contributed by atoms with Gasteiger partial charge in [-0.2, -0.15) is 0 Å². The molecular formula is C16H20FNO. The molecule has 0 spiro atoms. The van der Waals surface area contributed by atoms with Crippen molar-refractivity contribution in [3.8, 4) is 0 Å². The minimum Gasteiger partial charge on any atom is -0.338 e. The van der Waals surface area contributed by atoms with Gasteiger partial charge in [0.05, 0.1) is 5.56 Å². The fourth-order valence-electron chi connectivity index (χ4n) is 3.58. The van der Waals surface area contributed by atoms with E-state index in [4.69, 9.17) is 0 Å². The predicted molar refractivity (Wildman–Crippen MR) is 72.5 cm³/mol. The van der Waals surface area contributed by atoms with Gasteiger partial charge in [-0.1, -0.05) is 18.6 Å². The predicted octanol–water partition coefficient (Wildman–Crippen LogP) is 3.40. The van der Waals surface area contributed by atoms with Crippen LogP contribution >= 0.6 is 0 Å². The van der Waals surface area contributed by atoms with Crippen LogP contribution in [0.3, 0.4) is 0 Å². The van der Waals surface area contributed by atoms with Crippen molar-refractivity contribution < 1.29 is 9.18 Å². The normalized spacial score (nSPS) is 26.3. The Kier molecular flexibility index (Phi) is 3.29. The topological polar surface area (TPSA) is 20.3 Å². The van der Waals surface area contributed by atoms with E-state index in [1.54, 1.807) is 25.1 Å². The second kappa shape index (κ2) is 4.95. The van der Waals surface area contributed by atoms with Crippen LogP contribution in [0.5, 0.6) is 0 Å². The Balaban J connectivity index is 1.82. The molecule has 1 aliphatic heterocycles. The number of fused-ring (bicyclic) bond motifs is 2. The summed E-state index contributed by atoms with van der Waals surface area (Å²) in [7, 11) is 0. The number of rotatable bonds is 1. The number of halogens is 1. The summed E-state index contributed by atoms with van der Waals surface area (Å²) < 4.78 is 14.0. The average molecular weight is 261 g/mol. The van der Waals surface area contributed by atoms with E-state index in [0.29, 0.717) is 17.4 Å². The summed E-state index contributed by atoms with van der Waals surface area (Å²) in [6, 6.07) is 5.07. The van der Waals surface area contributed by atoms with Crippen molar-refractivity contribution >= 4 is 5.91 Å². The molecule has 1 heterocycles. The van der Waals surface area contributed by atoms with Crippen LogP contribution in [0.2, 0.25) is 0 Å². The summed E-state index contributed by atoms with van der Waals surface area (Å²) in [5.41, 5.74) is 0.781. The summed E-state index contributed by atoms with van der Waals surface area (Å²) >= 11 is 0. The summed E-state index contributed by atoms with van der Waals surface area (Å²) in [5, 5.41) is 0. The highest BCUT2D eigenvalue weighted by atomic mass is 19.1. The fourth-order valence-corrected chi connectivity index (χ4v) is 3.58. The minimum absolute atomic E-state index is 0.127. The zero-order valence-corrected chi connectivity index (χ0v) is 11.4. The van der Waals surface area contributed by atoms with Gasteiger partial charge in [-0.25, -0.2) is 4.39 Å². The lowest BCUT2D eigenvalue weighted by Crippen LogP contribution is -2.45. The SMILES string of the molecule is Cc1cccc(C(=O)N2CC3CCCC(C3)C2)c1F. The molecule has 0 N–H and O–H groups in total. The maximum Gasteiger partial charge on any atom is 0.256 e. The summed E-state index contributed by atoms with van der Waals surface area (Å²) in [5.74, 6) is 0.773. The lowest BCUT2D eigenvalue weighted by molar-refractivity contribution is 0.0500. The molecule has 1 amide bonds. The van der Waals surface area contributed by atoms with E-state index in [-0.39, 0.29) is 17.3 Å². The Bertz CT molecular complexity index is 488. The number of hydrogen-bond donors (Lipinski definition) is 0. The molecule has 1 aromatic rings. The first-order valence-electron chi connectivity index (χ1n) is 7.19. The highest BCUT2D eigenvalue weighted by Gasteiger charge is 2.33. The van der Waals surface area contributed by atoms with Gasteiger partial charge in [0.25, 0.3) is 5.91 Å². The number of nitrogens with zero attached hydrogens (tertiary/aromatic N) is 1. The van der Waals surface area contributed by atoms with Gasteiger partial charge >= 0.3 is 0 Å². The molecule has 1 aromatic carbocycles. The highest BCUT2D eigenvalue weighted by Crippen LogP contribution is 2.35. The van der Waals surface area contributed by atoms with E-state index < -0.39 is 0 Å². The van der Waals surface area contributed by atoms with Crippen molar-refractivity contribution in [2.75, 3.05) is 13.1 Å². The lowest BCUT2D eigenvalue weighted by atomic mass is 9.78. The van der Waals surface area contributed by atoms with Gasteiger partial charge in [0.2, 0.25) is 0 Å². The number of amides is 1. The number of carbonyl (C=O) groups excluding carboxylic acids is 1. The van der Waals surface area contributed by atoms with Crippen LogP contribution in [0.25, 0.3) is 0 Å². The van der Waals surface area contributed by atoms with Crippen LogP contribution in [0.1, 0.15) is 41.6 Å². The molecule has 19 heavy (non-hydrogen) atoms. The third kappa shape index (κ3) is 2.38. The first-order valence-corrected chi connectivity index (χ1v) is 7.19. The quantitative estimate of drug-likeness (QED) is 0.758. The second-order valence-electron chi connectivity index (χ2n) is 6.05. The largest absolute Gasteiger partial charge is 0.338 e. The average Bonchev–Trinajstić information content (AvgIpc) is 2.41. The molecular weight excluding hydrogens is 241 g/mol. The van der Waals surface area contributed by atoms with Crippen molar-refractivity contribution in [3.05, 3.63) is 35.1 Å². The van der Waals surface area contributed by atoms with Crippen LogP contribution in [0.4, 0.5) is 4.39 Å². The van der Waals surface area contributed by atoms with Gasteiger partial charge in [-0.05, 0) is 49.7 Å². The number of piperidine rings is 1. The number of carbonyl (C=O) groups is 1. The second-order valence-corrected chi connectivity index (χ2v) is 6.05. The van der Waals surface area contributed by atoms with Crippen molar-refractivity contribution in [3.63, 3.8) is 0 Å². The van der Waals surface area contributed by atoms with Crippen molar-refractivity contribution in [2.45, 2.75) is 32.6 Å². The molecule has 102 valence electrons. The van der Waals surface area contributed by atoms with Crippen molar-refractivity contribution in [1.29, 1.82) is 0 Å². The van der Waals surface area contributed by atoms with E-state index in [1.807, 2.05) is 4.90 Å². The summed E-state index contributed by atoms with van der Waals surface area (Å²) in [4.78, 5) is 14.4. The molecule has 0 aromatic heterocycles. The van der Waals surface area contributed by atoms with E-state index in [9.17, 15) is 9.18 Å². The molecule has 2 nitrogen and oxygen atoms in total. The van der Waals surface area contributed by atoms with Gasteiger partial charge < -0.3 is 4.90 Å². The number of aryl methyl sites for hydroxylation is 1. The minimum atomic E-state index is -0.358. The standard InChI is InChI=1S/C16H20FNO/c1-11-4-2-7-14(15(11)17)16(19)18-9-12-5-3-6-13(8-12)10-18/h2,4,7,12-13H,3,5-6,8-10H2,1H3. The molecule has 2 atom stereocenters. The number of benzene rings is 1. The Hall–Kier alpha value is -1.38. The van der Waals surface area contributed by atoms with E-state index in [2.05, 4.69) is 0 Å². The first-order chi connectivity index (χ1) is 9.15. The van der Waals surface area contributed by atoms with E-state index in [0.717, 1.165) is 13.1 Å². The highest BCUT2D eigenvalue weighted by molar-refractivity contribution is 5.94. The first kappa shape index (κ1) is 12.6. The smallest absolute Gasteiger partial charge is 0.256 e. The van der Waals surface area contributed by atoms with E-state index >= 15 is 0 Å². The third-order valence-corrected chi connectivity index (χ3v) is 4.56. The van der Waals surface area contributed by atoms with Crippen LogP contribution in [0, 0.1) is 24.6 Å². The molecule has 1 saturated carbocycles.